The molecule has 1 heterocycles. The molecule has 1 aliphatic rings. The SMILES string of the molecule is CC1(C(=O)O)CCN(C(=O)c2cccc(F)c2)CC1. The Bertz CT molecular complexity index is 507. The summed E-state index contributed by atoms with van der Waals surface area (Å²) in [4.78, 5) is 24.8. The average Bonchev–Trinajstić information content (AvgIpc) is 2.38. The van der Waals surface area contributed by atoms with E-state index in [0.29, 0.717) is 31.5 Å². The quantitative estimate of drug-likeness (QED) is 0.891. The van der Waals surface area contributed by atoms with E-state index in [9.17, 15) is 14.0 Å². The Morgan fingerprint density at radius 1 is 1.32 bits per heavy atom. The number of nitrogens with zero attached hydrogens (tertiary/aromatic N) is 1. The van der Waals surface area contributed by atoms with E-state index in [1.54, 1.807) is 17.9 Å². The topological polar surface area (TPSA) is 57.6 Å². The van der Waals surface area contributed by atoms with E-state index < -0.39 is 17.2 Å². The van der Waals surface area contributed by atoms with Crippen molar-refractivity contribution in [2.24, 2.45) is 5.41 Å². The van der Waals surface area contributed by atoms with Crippen LogP contribution in [0.3, 0.4) is 0 Å². The summed E-state index contributed by atoms with van der Waals surface area (Å²) in [5.74, 6) is -1.52. The summed E-state index contributed by atoms with van der Waals surface area (Å²) >= 11 is 0. The number of likely N-dealkylation sites (tertiary alicyclic amines) is 1. The Hall–Kier alpha value is -1.91. The third-order valence-corrected chi connectivity index (χ3v) is 3.74. The molecular weight excluding hydrogens is 249 g/mol. The minimum Gasteiger partial charge on any atom is -0.481 e. The molecule has 1 aromatic rings. The van der Waals surface area contributed by atoms with Crippen LogP contribution in [0.1, 0.15) is 30.1 Å². The standard InChI is InChI=1S/C14H16FNO3/c1-14(13(18)19)5-7-16(8-6-14)12(17)10-3-2-4-11(15)9-10/h2-4,9H,5-8H2,1H3,(H,18,19). The molecule has 2 rings (SSSR count). The summed E-state index contributed by atoms with van der Waals surface area (Å²) in [5, 5.41) is 9.12. The Balaban J connectivity index is 2.06. The summed E-state index contributed by atoms with van der Waals surface area (Å²) in [6, 6.07) is 5.55. The summed E-state index contributed by atoms with van der Waals surface area (Å²) < 4.78 is 13.1. The molecule has 1 aromatic carbocycles. The molecule has 1 amide bonds. The predicted molar refractivity (Wildman–Crippen MR) is 67.3 cm³/mol. The minimum atomic E-state index is -0.828. The van der Waals surface area contributed by atoms with Gasteiger partial charge in [0.1, 0.15) is 5.82 Å². The summed E-state index contributed by atoms with van der Waals surface area (Å²) in [5.41, 5.74) is -0.461. The van der Waals surface area contributed by atoms with E-state index in [2.05, 4.69) is 0 Å². The van der Waals surface area contributed by atoms with E-state index in [-0.39, 0.29) is 5.91 Å². The van der Waals surface area contributed by atoms with Crippen LogP contribution in [-0.2, 0) is 4.79 Å². The number of halogens is 1. The van der Waals surface area contributed by atoms with Gasteiger partial charge < -0.3 is 10.0 Å². The van der Waals surface area contributed by atoms with Crippen molar-refractivity contribution < 1.29 is 19.1 Å². The molecule has 102 valence electrons. The zero-order chi connectivity index (χ0) is 14.0. The molecule has 4 nitrogen and oxygen atoms in total. The maximum atomic E-state index is 13.1. The zero-order valence-electron chi connectivity index (χ0n) is 10.7. The lowest BCUT2D eigenvalue weighted by molar-refractivity contribution is -0.150. The van der Waals surface area contributed by atoms with Crippen molar-refractivity contribution >= 4 is 11.9 Å². The van der Waals surface area contributed by atoms with Crippen LogP contribution in [0, 0.1) is 11.2 Å². The number of carboxylic acid groups (broad SMARTS) is 1. The van der Waals surface area contributed by atoms with Gasteiger partial charge in [-0.1, -0.05) is 6.07 Å². The second-order valence-electron chi connectivity index (χ2n) is 5.17. The highest BCUT2D eigenvalue weighted by Gasteiger charge is 2.38. The molecule has 0 bridgehead atoms. The van der Waals surface area contributed by atoms with Gasteiger partial charge in [0.05, 0.1) is 5.41 Å². The van der Waals surface area contributed by atoms with Gasteiger partial charge in [-0.2, -0.15) is 0 Å². The molecule has 0 aliphatic carbocycles. The largest absolute Gasteiger partial charge is 0.481 e. The Morgan fingerprint density at radius 3 is 2.47 bits per heavy atom. The van der Waals surface area contributed by atoms with Crippen molar-refractivity contribution in [1.29, 1.82) is 0 Å². The van der Waals surface area contributed by atoms with Crippen molar-refractivity contribution in [3.05, 3.63) is 35.6 Å². The van der Waals surface area contributed by atoms with Crippen LogP contribution in [0.5, 0.6) is 0 Å². The van der Waals surface area contributed by atoms with Crippen molar-refractivity contribution in [2.75, 3.05) is 13.1 Å². The number of hydrogen-bond donors (Lipinski definition) is 1. The highest BCUT2D eigenvalue weighted by molar-refractivity contribution is 5.94. The second kappa shape index (κ2) is 4.99. The first kappa shape index (κ1) is 13.5. The van der Waals surface area contributed by atoms with Gasteiger partial charge >= 0.3 is 5.97 Å². The number of benzene rings is 1. The van der Waals surface area contributed by atoms with Gasteiger partial charge in [0, 0.05) is 18.7 Å². The minimum absolute atomic E-state index is 0.244. The van der Waals surface area contributed by atoms with Crippen LogP contribution in [0.15, 0.2) is 24.3 Å². The molecule has 1 N–H and O–H groups in total. The Morgan fingerprint density at radius 2 is 1.95 bits per heavy atom. The predicted octanol–water partition coefficient (Wildman–Crippen LogP) is 2.15. The number of carbonyl (C=O) groups is 2. The molecule has 1 fully saturated rings. The summed E-state index contributed by atoms with van der Waals surface area (Å²) in [6.07, 6.45) is 0.840. The highest BCUT2D eigenvalue weighted by Crippen LogP contribution is 2.31. The highest BCUT2D eigenvalue weighted by atomic mass is 19.1. The molecule has 0 aromatic heterocycles. The van der Waals surface area contributed by atoms with E-state index >= 15 is 0 Å². The first-order valence-electron chi connectivity index (χ1n) is 6.21. The normalized spacial score (nSPS) is 18.1. The van der Waals surface area contributed by atoms with Gasteiger partial charge in [0.2, 0.25) is 0 Å². The number of piperidine rings is 1. The molecule has 0 atom stereocenters. The molecular formula is C14H16FNO3. The maximum Gasteiger partial charge on any atom is 0.309 e. The van der Waals surface area contributed by atoms with Crippen LogP contribution >= 0.6 is 0 Å². The average molecular weight is 265 g/mol. The molecule has 5 heteroatoms. The van der Waals surface area contributed by atoms with Gasteiger partial charge in [0.25, 0.3) is 5.91 Å². The van der Waals surface area contributed by atoms with E-state index in [4.69, 9.17) is 5.11 Å². The smallest absolute Gasteiger partial charge is 0.309 e. The summed E-state index contributed by atoms with van der Waals surface area (Å²) in [7, 11) is 0. The Kier molecular flexibility index (Phi) is 3.55. The number of aliphatic carboxylic acids is 1. The third kappa shape index (κ3) is 2.75. The van der Waals surface area contributed by atoms with Crippen molar-refractivity contribution in [3.63, 3.8) is 0 Å². The molecule has 0 saturated carbocycles. The molecule has 0 radical (unpaired) electrons. The lowest BCUT2D eigenvalue weighted by Crippen LogP contribution is -2.45. The van der Waals surface area contributed by atoms with Gasteiger partial charge in [0.15, 0.2) is 0 Å². The van der Waals surface area contributed by atoms with Crippen molar-refractivity contribution in [2.45, 2.75) is 19.8 Å². The number of carboxylic acids is 1. The van der Waals surface area contributed by atoms with Crippen LogP contribution in [0.2, 0.25) is 0 Å². The van der Waals surface area contributed by atoms with Gasteiger partial charge in [-0.15, -0.1) is 0 Å². The fourth-order valence-corrected chi connectivity index (χ4v) is 2.22. The number of hydrogen-bond acceptors (Lipinski definition) is 2. The molecule has 19 heavy (non-hydrogen) atoms. The van der Waals surface area contributed by atoms with E-state index in [1.165, 1.54) is 18.2 Å². The third-order valence-electron chi connectivity index (χ3n) is 3.74. The lowest BCUT2D eigenvalue weighted by Gasteiger charge is -2.36. The van der Waals surface area contributed by atoms with Crippen LogP contribution in [0.4, 0.5) is 4.39 Å². The monoisotopic (exact) mass is 265 g/mol. The first-order valence-corrected chi connectivity index (χ1v) is 6.21. The van der Waals surface area contributed by atoms with Gasteiger partial charge in [-0.3, -0.25) is 9.59 Å². The fourth-order valence-electron chi connectivity index (χ4n) is 2.22. The van der Waals surface area contributed by atoms with Crippen LogP contribution in [0.25, 0.3) is 0 Å². The second-order valence-corrected chi connectivity index (χ2v) is 5.17. The van der Waals surface area contributed by atoms with Crippen LogP contribution in [-0.4, -0.2) is 35.0 Å². The molecule has 0 unspecified atom stereocenters. The molecule has 1 saturated heterocycles. The van der Waals surface area contributed by atoms with E-state index in [1.807, 2.05) is 0 Å². The van der Waals surface area contributed by atoms with Crippen molar-refractivity contribution in [3.8, 4) is 0 Å². The zero-order valence-corrected chi connectivity index (χ0v) is 10.7. The van der Waals surface area contributed by atoms with E-state index in [0.717, 1.165) is 0 Å². The Labute approximate surface area is 110 Å². The van der Waals surface area contributed by atoms with Crippen molar-refractivity contribution in [1.82, 2.24) is 4.90 Å². The van der Waals surface area contributed by atoms with Gasteiger partial charge in [-0.25, -0.2) is 4.39 Å². The fraction of sp³-hybridized carbons (Fsp3) is 0.429. The van der Waals surface area contributed by atoms with Crippen LogP contribution < -0.4 is 0 Å². The summed E-state index contributed by atoms with van der Waals surface area (Å²) in [6.45, 7) is 2.47. The number of amides is 1. The number of rotatable bonds is 2. The first-order chi connectivity index (χ1) is 8.92. The number of carbonyl (C=O) groups excluding carboxylic acids is 1. The maximum absolute atomic E-state index is 13.1. The molecule has 1 aliphatic heterocycles. The van der Waals surface area contributed by atoms with Gasteiger partial charge in [-0.05, 0) is 38.0 Å². The lowest BCUT2D eigenvalue weighted by atomic mass is 9.80. The molecule has 0 spiro atoms.